The van der Waals surface area contributed by atoms with Gasteiger partial charge >= 0.3 is 0 Å². The lowest BCUT2D eigenvalue weighted by Gasteiger charge is -2.33. The van der Waals surface area contributed by atoms with Gasteiger partial charge in [0, 0.05) is 25.7 Å². The minimum Gasteiger partial charge on any atom is -0.313 e. The van der Waals surface area contributed by atoms with Crippen LogP contribution in [0, 0.1) is 11.8 Å². The molecule has 0 aromatic carbocycles. The number of hydrogen-bond acceptors (Lipinski definition) is 0. The Bertz CT molecular complexity index is 433. The van der Waals surface area contributed by atoms with Gasteiger partial charge in [0.05, 0.1) is 39.3 Å². The number of unbranched alkanes of at least 4 members (excludes halogenated alkanes) is 10. The molecular formula is C28H54N2+2. The second-order valence-electron chi connectivity index (χ2n) is 10.6. The molecule has 2 rings (SSSR count). The SMILES string of the molecule is CCCCCCCC[N+]1(CC#CC[N+]2(CCCCCCCC)CCCC2)CCCC1. The second-order valence-corrected chi connectivity index (χ2v) is 10.6. The van der Waals surface area contributed by atoms with E-state index < -0.39 is 0 Å². The highest BCUT2D eigenvalue weighted by Gasteiger charge is 2.32. The van der Waals surface area contributed by atoms with Crippen molar-refractivity contribution in [2.24, 2.45) is 0 Å². The molecule has 2 saturated heterocycles. The van der Waals surface area contributed by atoms with E-state index >= 15 is 0 Å². The van der Waals surface area contributed by atoms with E-state index in [1.165, 1.54) is 151 Å². The van der Waals surface area contributed by atoms with Gasteiger partial charge in [-0.3, -0.25) is 0 Å². The fourth-order valence-corrected chi connectivity index (χ4v) is 5.84. The van der Waals surface area contributed by atoms with Crippen molar-refractivity contribution in [2.45, 2.75) is 117 Å². The summed E-state index contributed by atoms with van der Waals surface area (Å²) in [5.74, 6) is 7.41. The van der Waals surface area contributed by atoms with Crippen LogP contribution in [0.4, 0.5) is 0 Å². The molecule has 0 aromatic heterocycles. The Hall–Kier alpha value is -0.520. The van der Waals surface area contributed by atoms with E-state index in [4.69, 9.17) is 0 Å². The molecule has 0 bridgehead atoms. The molecule has 0 amide bonds. The highest BCUT2D eigenvalue weighted by Crippen LogP contribution is 2.22. The van der Waals surface area contributed by atoms with Crippen molar-refractivity contribution >= 4 is 0 Å². The Labute approximate surface area is 190 Å². The van der Waals surface area contributed by atoms with Gasteiger partial charge in [-0.1, -0.05) is 65.2 Å². The zero-order valence-electron chi connectivity index (χ0n) is 20.9. The molecule has 2 nitrogen and oxygen atoms in total. The fourth-order valence-electron chi connectivity index (χ4n) is 5.84. The summed E-state index contributed by atoms with van der Waals surface area (Å²) in [6.07, 6.45) is 22.7. The lowest BCUT2D eigenvalue weighted by Crippen LogP contribution is -2.47. The molecule has 2 aliphatic heterocycles. The van der Waals surface area contributed by atoms with Gasteiger partial charge in [-0.05, 0) is 37.5 Å². The van der Waals surface area contributed by atoms with E-state index in [-0.39, 0.29) is 0 Å². The van der Waals surface area contributed by atoms with E-state index in [0.717, 1.165) is 13.1 Å². The first-order valence-electron chi connectivity index (χ1n) is 13.9. The van der Waals surface area contributed by atoms with Gasteiger partial charge in [0.2, 0.25) is 0 Å². The van der Waals surface area contributed by atoms with Gasteiger partial charge in [0.25, 0.3) is 0 Å². The Morgan fingerprint density at radius 1 is 0.467 bits per heavy atom. The van der Waals surface area contributed by atoms with Crippen LogP contribution in [0.3, 0.4) is 0 Å². The van der Waals surface area contributed by atoms with Crippen LogP contribution in [0.15, 0.2) is 0 Å². The third-order valence-electron chi connectivity index (χ3n) is 7.96. The van der Waals surface area contributed by atoms with Gasteiger partial charge in [-0.2, -0.15) is 0 Å². The van der Waals surface area contributed by atoms with E-state index in [2.05, 4.69) is 25.7 Å². The predicted octanol–water partition coefficient (Wildman–Crippen LogP) is 6.93. The van der Waals surface area contributed by atoms with E-state index in [1.807, 2.05) is 0 Å². The molecule has 2 aliphatic rings. The van der Waals surface area contributed by atoms with Crippen molar-refractivity contribution in [3.05, 3.63) is 0 Å². The molecule has 0 aliphatic carbocycles. The topological polar surface area (TPSA) is 0 Å². The van der Waals surface area contributed by atoms with Crippen molar-refractivity contribution in [3.63, 3.8) is 0 Å². The van der Waals surface area contributed by atoms with Crippen LogP contribution in [-0.4, -0.2) is 61.3 Å². The Morgan fingerprint density at radius 3 is 1.17 bits per heavy atom. The number of hydrogen-bond donors (Lipinski definition) is 0. The van der Waals surface area contributed by atoms with Crippen LogP contribution in [0.5, 0.6) is 0 Å². The summed E-state index contributed by atoms with van der Waals surface area (Å²) in [4.78, 5) is 0. The molecular weight excluding hydrogens is 364 g/mol. The zero-order valence-corrected chi connectivity index (χ0v) is 20.9. The zero-order chi connectivity index (χ0) is 21.4. The van der Waals surface area contributed by atoms with Gasteiger partial charge in [0.1, 0.15) is 13.1 Å². The molecule has 0 spiro atoms. The molecule has 0 radical (unpaired) electrons. The summed E-state index contributed by atoms with van der Waals surface area (Å²) in [6.45, 7) is 15.2. The minimum atomic E-state index is 1.13. The van der Waals surface area contributed by atoms with E-state index in [0.29, 0.717) is 0 Å². The Balaban J connectivity index is 1.72. The van der Waals surface area contributed by atoms with Crippen molar-refractivity contribution in [1.29, 1.82) is 0 Å². The third-order valence-corrected chi connectivity index (χ3v) is 7.96. The maximum atomic E-state index is 3.71. The predicted molar refractivity (Wildman–Crippen MR) is 132 cm³/mol. The number of rotatable bonds is 16. The monoisotopic (exact) mass is 418 g/mol. The quantitative estimate of drug-likeness (QED) is 0.145. The first-order valence-corrected chi connectivity index (χ1v) is 13.9. The van der Waals surface area contributed by atoms with Crippen molar-refractivity contribution in [2.75, 3.05) is 52.4 Å². The minimum absolute atomic E-state index is 1.13. The van der Waals surface area contributed by atoms with Crippen LogP contribution in [0.1, 0.15) is 117 Å². The number of nitrogens with zero attached hydrogens (tertiary/aromatic N) is 2. The van der Waals surface area contributed by atoms with Crippen LogP contribution in [0.25, 0.3) is 0 Å². The average molecular weight is 419 g/mol. The molecule has 0 saturated carbocycles. The first-order chi connectivity index (χ1) is 14.7. The summed E-state index contributed by atoms with van der Waals surface area (Å²) in [6, 6.07) is 0. The second kappa shape index (κ2) is 15.3. The van der Waals surface area contributed by atoms with Crippen LogP contribution >= 0.6 is 0 Å². The maximum absolute atomic E-state index is 3.71. The van der Waals surface area contributed by atoms with Gasteiger partial charge in [-0.25, -0.2) is 0 Å². The van der Waals surface area contributed by atoms with Crippen molar-refractivity contribution in [1.82, 2.24) is 0 Å². The van der Waals surface area contributed by atoms with Gasteiger partial charge in [-0.15, -0.1) is 0 Å². The third kappa shape index (κ3) is 9.74. The first kappa shape index (κ1) is 25.7. The standard InChI is InChI=1S/C28H54N2/c1-3-5-7-9-11-13-21-29(23-15-16-24-29)27-19-20-28-30(25-17-18-26-30)22-14-12-10-8-6-4-2/h3-18,21-28H2,1-2H3/q+2. The molecule has 0 N–H and O–H groups in total. The maximum Gasteiger partial charge on any atom is 0.141 e. The van der Waals surface area contributed by atoms with Crippen LogP contribution in [0.2, 0.25) is 0 Å². The summed E-state index contributed by atoms with van der Waals surface area (Å²) < 4.78 is 2.64. The number of quaternary nitrogens is 2. The molecule has 2 fully saturated rings. The summed E-state index contributed by atoms with van der Waals surface area (Å²) in [5.41, 5.74) is 0. The molecule has 0 unspecified atom stereocenters. The average Bonchev–Trinajstić information content (AvgIpc) is 3.42. The lowest BCUT2D eigenvalue weighted by atomic mass is 10.1. The Kier molecular flexibility index (Phi) is 13.1. The summed E-state index contributed by atoms with van der Waals surface area (Å²) >= 11 is 0. The molecule has 2 heteroatoms. The van der Waals surface area contributed by atoms with Crippen LogP contribution < -0.4 is 0 Å². The largest absolute Gasteiger partial charge is 0.313 e. The number of likely N-dealkylation sites (tertiary alicyclic amines) is 2. The Morgan fingerprint density at radius 2 is 0.800 bits per heavy atom. The van der Waals surface area contributed by atoms with Crippen molar-refractivity contribution < 1.29 is 8.97 Å². The van der Waals surface area contributed by atoms with Gasteiger partial charge in [0.15, 0.2) is 0 Å². The van der Waals surface area contributed by atoms with Gasteiger partial charge < -0.3 is 8.97 Å². The molecule has 30 heavy (non-hydrogen) atoms. The highest BCUT2D eigenvalue weighted by molar-refractivity contribution is 5.00. The molecule has 0 atom stereocenters. The normalized spacial score (nSPS) is 19.7. The molecule has 0 aromatic rings. The fraction of sp³-hybridized carbons (Fsp3) is 0.929. The highest BCUT2D eigenvalue weighted by atomic mass is 15.4. The molecule has 174 valence electrons. The molecule has 2 heterocycles. The summed E-state index contributed by atoms with van der Waals surface area (Å²) in [5, 5.41) is 0. The smallest absolute Gasteiger partial charge is 0.141 e. The van der Waals surface area contributed by atoms with E-state index in [9.17, 15) is 0 Å². The van der Waals surface area contributed by atoms with Crippen LogP contribution in [-0.2, 0) is 0 Å². The van der Waals surface area contributed by atoms with Crippen molar-refractivity contribution in [3.8, 4) is 11.8 Å². The lowest BCUT2D eigenvalue weighted by molar-refractivity contribution is -0.911. The van der Waals surface area contributed by atoms with E-state index in [1.54, 1.807) is 0 Å². The summed E-state index contributed by atoms with van der Waals surface area (Å²) in [7, 11) is 0.